The summed E-state index contributed by atoms with van der Waals surface area (Å²) >= 11 is 3.39. The summed E-state index contributed by atoms with van der Waals surface area (Å²) in [5.74, 6) is 0. The largest absolute Gasteiger partial charge is 0.280 e. The van der Waals surface area contributed by atoms with Gasteiger partial charge in [-0.05, 0) is 47.8 Å². The molecular formula is C17H25BrN2O2S. The zero-order valence-electron chi connectivity index (χ0n) is 14.0. The predicted molar refractivity (Wildman–Crippen MR) is 96.1 cm³/mol. The topological polar surface area (TPSA) is 49.4 Å². The molecule has 23 heavy (non-hydrogen) atoms. The minimum absolute atomic E-state index is 0.110. The summed E-state index contributed by atoms with van der Waals surface area (Å²) in [5.41, 5.74) is 1.29. The molecule has 0 aromatic heterocycles. The maximum absolute atomic E-state index is 12.8. The first-order valence-electron chi connectivity index (χ1n) is 8.10. The Morgan fingerprint density at radius 3 is 2.52 bits per heavy atom. The van der Waals surface area contributed by atoms with Crippen molar-refractivity contribution in [2.24, 2.45) is 10.8 Å². The van der Waals surface area contributed by atoms with Crippen LogP contribution in [-0.2, 0) is 16.8 Å². The number of nitrogens with one attached hydrogen (secondary N) is 1. The average Bonchev–Trinajstić information content (AvgIpc) is 2.68. The second kappa shape index (κ2) is 5.83. The van der Waals surface area contributed by atoms with E-state index < -0.39 is 10.2 Å². The van der Waals surface area contributed by atoms with E-state index in [-0.39, 0.29) is 16.9 Å². The summed E-state index contributed by atoms with van der Waals surface area (Å²) < 4.78 is 31.0. The summed E-state index contributed by atoms with van der Waals surface area (Å²) in [7, 11) is -3.44. The summed E-state index contributed by atoms with van der Waals surface area (Å²) in [6.07, 6.45) is 3.02. The molecule has 1 saturated heterocycles. The van der Waals surface area contributed by atoms with Gasteiger partial charge in [-0.2, -0.15) is 17.4 Å². The normalized spacial score (nSPS) is 30.5. The Hall–Kier alpha value is -0.430. The van der Waals surface area contributed by atoms with Crippen LogP contribution >= 0.6 is 15.9 Å². The van der Waals surface area contributed by atoms with Crippen molar-refractivity contribution in [3.05, 3.63) is 34.3 Å². The van der Waals surface area contributed by atoms with Gasteiger partial charge in [0, 0.05) is 23.6 Å². The number of nitrogens with zero attached hydrogens (tertiary/aromatic N) is 1. The van der Waals surface area contributed by atoms with Crippen molar-refractivity contribution in [1.29, 1.82) is 0 Å². The zero-order valence-corrected chi connectivity index (χ0v) is 16.4. The van der Waals surface area contributed by atoms with Crippen LogP contribution in [-0.4, -0.2) is 25.3 Å². The van der Waals surface area contributed by atoms with Crippen molar-refractivity contribution in [1.82, 2.24) is 9.03 Å². The highest BCUT2D eigenvalue weighted by Crippen LogP contribution is 2.53. The van der Waals surface area contributed by atoms with Crippen LogP contribution in [0.1, 0.15) is 45.6 Å². The molecule has 128 valence electrons. The molecule has 2 aliphatic rings. The van der Waals surface area contributed by atoms with Gasteiger partial charge in [0.1, 0.15) is 0 Å². The minimum atomic E-state index is -3.44. The second-order valence-corrected chi connectivity index (χ2v) is 10.8. The van der Waals surface area contributed by atoms with E-state index in [1.807, 2.05) is 24.3 Å². The number of fused-ring (bicyclic) bond motifs is 2. The molecule has 1 aromatic rings. The molecule has 1 aliphatic carbocycles. The predicted octanol–water partition coefficient (Wildman–Crippen LogP) is 3.68. The fraction of sp³-hybridized carbons (Fsp3) is 0.647. The van der Waals surface area contributed by atoms with Gasteiger partial charge in [-0.3, -0.25) is 0 Å². The van der Waals surface area contributed by atoms with Gasteiger partial charge in [0.05, 0.1) is 0 Å². The standard InChI is InChI=1S/C17H25BrN2O2S/c1-16(2)8-15-9-17(3,11-16)12-20(15)23(21,22)19-10-13-4-6-14(18)7-5-13/h4-7,15,19H,8-12H2,1-3H3. The zero-order chi connectivity index (χ0) is 16.9. The molecule has 0 amide bonds. The van der Waals surface area contributed by atoms with Crippen LogP contribution in [0.2, 0.25) is 0 Å². The Morgan fingerprint density at radius 1 is 1.22 bits per heavy atom. The highest BCUT2D eigenvalue weighted by molar-refractivity contribution is 9.10. The summed E-state index contributed by atoms with van der Waals surface area (Å²) in [4.78, 5) is 0. The third kappa shape index (κ3) is 3.81. The molecule has 2 unspecified atom stereocenters. The first-order chi connectivity index (χ1) is 10.6. The Balaban J connectivity index is 1.72. The molecule has 2 fully saturated rings. The van der Waals surface area contributed by atoms with Crippen molar-refractivity contribution in [2.75, 3.05) is 6.54 Å². The monoisotopic (exact) mass is 400 g/mol. The first-order valence-corrected chi connectivity index (χ1v) is 10.3. The lowest BCUT2D eigenvalue weighted by molar-refractivity contribution is 0.133. The number of hydrogen-bond donors (Lipinski definition) is 1. The number of benzene rings is 1. The molecular weight excluding hydrogens is 376 g/mol. The van der Waals surface area contributed by atoms with Gasteiger partial charge in [0.15, 0.2) is 0 Å². The van der Waals surface area contributed by atoms with Crippen molar-refractivity contribution < 1.29 is 8.42 Å². The van der Waals surface area contributed by atoms with Crippen molar-refractivity contribution in [3.63, 3.8) is 0 Å². The molecule has 4 nitrogen and oxygen atoms in total. The third-order valence-electron chi connectivity index (χ3n) is 5.05. The third-order valence-corrected chi connectivity index (χ3v) is 7.13. The molecule has 0 radical (unpaired) electrons. The van der Waals surface area contributed by atoms with Crippen LogP contribution < -0.4 is 4.72 Å². The molecule has 0 spiro atoms. The lowest BCUT2D eigenvalue weighted by atomic mass is 9.65. The molecule has 6 heteroatoms. The van der Waals surface area contributed by atoms with E-state index in [1.165, 1.54) is 0 Å². The second-order valence-electron chi connectivity index (χ2n) is 8.21. The molecule has 1 aromatic carbocycles. The van der Waals surface area contributed by atoms with E-state index in [0.29, 0.717) is 13.1 Å². The van der Waals surface area contributed by atoms with Gasteiger partial charge in [-0.1, -0.05) is 48.8 Å². The highest BCUT2D eigenvalue weighted by atomic mass is 79.9. The molecule has 1 N–H and O–H groups in total. The van der Waals surface area contributed by atoms with Gasteiger partial charge in [0.25, 0.3) is 10.2 Å². The summed E-state index contributed by atoms with van der Waals surface area (Å²) in [5, 5.41) is 0. The Morgan fingerprint density at radius 2 is 1.87 bits per heavy atom. The Labute approximate surface area is 148 Å². The van der Waals surface area contributed by atoms with E-state index in [4.69, 9.17) is 0 Å². The van der Waals surface area contributed by atoms with Crippen LogP contribution in [0.3, 0.4) is 0 Å². The van der Waals surface area contributed by atoms with Crippen LogP contribution in [0.15, 0.2) is 28.7 Å². The van der Waals surface area contributed by atoms with Crippen molar-refractivity contribution in [2.45, 2.75) is 52.6 Å². The average molecular weight is 401 g/mol. The van der Waals surface area contributed by atoms with E-state index in [0.717, 1.165) is 29.3 Å². The highest BCUT2D eigenvalue weighted by Gasteiger charge is 2.52. The summed E-state index contributed by atoms with van der Waals surface area (Å²) in [6.45, 7) is 7.70. The molecule has 2 bridgehead atoms. The SMILES string of the molecule is CC1(C)CC2CC(C)(CN2S(=O)(=O)NCc2ccc(Br)cc2)C1. The van der Waals surface area contributed by atoms with Crippen LogP contribution in [0.4, 0.5) is 0 Å². The van der Waals surface area contributed by atoms with Gasteiger partial charge in [-0.15, -0.1) is 0 Å². The Bertz CT molecular complexity index is 687. The van der Waals surface area contributed by atoms with Crippen LogP contribution in [0, 0.1) is 10.8 Å². The molecule has 2 atom stereocenters. The summed E-state index contributed by atoms with van der Waals surface area (Å²) in [6, 6.07) is 7.84. The minimum Gasteiger partial charge on any atom is -0.198 e. The van der Waals surface area contributed by atoms with E-state index in [9.17, 15) is 8.42 Å². The van der Waals surface area contributed by atoms with Crippen molar-refractivity contribution >= 4 is 26.1 Å². The number of rotatable bonds is 4. The van der Waals surface area contributed by atoms with E-state index >= 15 is 0 Å². The van der Waals surface area contributed by atoms with Gasteiger partial charge in [-0.25, -0.2) is 0 Å². The van der Waals surface area contributed by atoms with Gasteiger partial charge < -0.3 is 0 Å². The first kappa shape index (κ1) is 17.4. The van der Waals surface area contributed by atoms with E-state index in [2.05, 4.69) is 41.4 Å². The van der Waals surface area contributed by atoms with Crippen LogP contribution in [0.5, 0.6) is 0 Å². The van der Waals surface area contributed by atoms with E-state index in [1.54, 1.807) is 4.31 Å². The fourth-order valence-corrected chi connectivity index (χ4v) is 6.35. The smallest absolute Gasteiger partial charge is 0.198 e. The quantitative estimate of drug-likeness (QED) is 0.837. The number of hydrogen-bond acceptors (Lipinski definition) is 2. The molecule has 1 aliphatic heterocycles. The lowest BCUT2D eigenvalue weighted by Gasteiger charge is -2.39. The number of halogens is 1. The maximum atomic E-state index is 12.8. The molecule has 3 rings (SSSR count). The van der Waals surface area contributed by atoms with Gasteiger partial charge >= 0.3 is 0 Å². The Kier molecular flexibility index (Phi) is 4.41. The lowest BCUT2D eigenvalue weighted by Crippen LogP contribution is -2.43. The van der Waals surface area contributed by atoms with Crippen molar-refractivity contribution in [3.8, 4) is 0 Å². The molecule has 1 heterocycles. The van der Waals surface area contributed by atoms with Crippen LogP contribution in [0.25, 0.3) is 0 Å². The van der Waals surface area contributed by atoms with Gasteiger partial charge in [0.2, 0.25) is 0 Å². The fourth-order valence-electron chi connectivity index (χ4n) is 4.55. The maximum Gasteiger partial charge on any atom is 0.280 e. The molecule has 1 saturated carbocycles.